The number of carboxylic acid groups (broad SMARTS) is 1. The number of hydrogen-bond donors (Lipinski definition) is 1. The first-order chi connectivity index (χ1) is 7.19. The molecule has 1 aliphatic carbocycles. The lowest BCUT2D eigenvalue weighted by Crippen LogP contribution is -2.09. The van der Waals surface area contributed by atoms with Crippen molar-refractivity contribution in [1.29, 1.82) is 0 Å². The molecule has 0 unspecified atom stereocenters. The Hall–Kier alpha value is -1.45. The Bertz CT molecular complexity index is 335. The maximum absolute atomic E-state index is 12.7. The molecule has 2 nitrogen and oxygen atoms in total. The molecule has 0 atom stereocenters. The smallest absolute Gasteiger partial charge is 0.290 e. The number of carbonyl (C=O) groups is 1. The van der Waals surface area contributed by atoms with Gasteiger partial charge >= 0.3 is 0 Å². The highest BCUT2D eigenvalue weighted by Gasteiger charge is 2.20. The Morgan fingerprint density at radius 1 is 1.27 bits per heavy atom. The van der Waals surface area contributed by atoms with Crippen molar-refractivity contribution in [2.45, 2.75) is 25.2 Å². The molecule has 15 heavy (non-hydrogen) atoms. The van der Waals surface area contributed by atoms with Crippen LogP contribution in [-0.2, 0) is 4.79 Å². The first-order valence-corrected chi connectivity index (χ1v) is 4.72. The van der Waals surface area contributed by atoms with Crippen LogP contribution in [0.3, 0.4) is 0 Å². The van der Waals surface area contributed by atoms with E-state index >= 15 is 0 Å². The molecule has 0 heterocycles. The van der Waals surface area contributed by atoms with E-state index in [0.717, 1.165) is 18.4 Å². The van der Waals surface area contributed by atoms with Crippen LogP contribution < -0.4 is 0 Å². The highest BCUT2D eigenvalue weighted by Crippen LogP contribution is 2.36. The van der Waals surface area contributed by atoms with E-state index in [1.807, 2.05) is 0 Å². The van der Waals surface area contributed by atoms with E-state index in [1.54, 1.807) is 6.07 Å². The van der Waals surface area contributed by atoms with E-state index in [0.29, 0.717) is 5.92 Å². The summed E-state index contributed by atoms with van der Waals surface area (Å²) in [6.45, 7) is -0.250. The van der Waals surface area contributed by atoms with Crippen molar-refractivity contribution >= 4 is 6.47 Å². The minimum atomic E-state index is -0.752. The first-order valence-electron chi connectivity index (χ1n) is 4.72. The monoisotopic (exact) mass is 214 g/mol. The van der Waals surface area contributed by atoms with Gasteiger partial charge in [0.2, 0.25) is 0 Å². The van der Waals surface area contributed by atoms with Crippen LogP contribution >= 0.6 is 0 Å². The van der Waals surface area contributed by atoms with Gasteiger partial charge in [-0.1, -0.05) is 12.5 Å². The van der Waals surface area contributed by atoms with E-state index in [-0.39, 0.29) is 6.47 Å². The summed E-state index contributed by atoms with van der Waals surface area (Å²) in [7, 11) is 0. The molecule has 0 radical (unpaired) electrons. The molecule has 0 bridgehead atoms. The predicted molar refractivity (Wildman–Crippen MR) is 51.6 cm³/mol. The minimum Gasteiger partial charge on any atom is -0.483 e. The van der Waals surface area contributed by atoms with Crippen molar-refractivity contribution in [1.82, 2.24) is 0 Å². The zero-order chi connectivity index (χ0) is 11.3. The van der Waals surface area contributed by atoms with Gasteiger partial charge in [0, 0.05) is 0 Å². The standard InChI is InChI=1S/C10H10F2.CH2O2/c11-9-5-4-8(6-10(9)12)7-2-1-3-7;2-1-3/h4-7H,1-3H2;1H,(H,2,3). The molecular weight excluding hydrogens is 202 g/mol. The van der Waals surface area contributed by atoms with Crippen molar-refractivity contribution in [3.63, 3.8) is 0 Å². The van der Waals surface area contributed by atoms with Crippen molar-refractivity contribution in [3.05, 3.63) is 35.4 Å². The van der Waals surface area contributed by atoms with E-state index in [4.69, 9.17) is 9.90 Å². The molecule has 1 aromatic carbocycles. The van der Waals surface area contributed by atoms with E-state index < -0.39 is 11.6 Å². The van der Waals surface area contributed by atoms with Gasteiger partial charge in [-0.3, -0.25) is 4.79 Å². The highest BCUT2D eigenvalue weighted by atomic mass is 19.2. The summed E-state index contributed by atoms with van der Waals surface area (Å²) in [5, 5.41) is 6.89. The second-order valence-corrected chi connectivity index (χ2v) is 3.41. The third-order valence-electron chi connectivity index (χ3n) is 2.52. The Morgan fingerprint density at radius 2 is 1.87 bits per heavy atom. The number of hydrogen-bond acceptors (Lipinski definition) is 1. The van der Waals surface area contributed by atoms with Crippen LogP contribution in [0.25, 0.3) is 0 Å². The van der Waals surface area contributed by atoms with Crippen molar-refractivity contribution in [3.8, 4) is 0 Å². The molecule has 0 saturated heterocycles. The number of benzene rings is 1. The Morgan fingerprint density at radius 3 is 2.27 bits per heavy atom. The minimum absolute atomic E-state index is 0.250. The molecule has 0 aliphatic heterocycles. The van der Waals surface area contributed by atoms with E-state index in [1.165, 1.54) is 18.6 Å². The molecule has 0 amide bonds. The van der Waals surface area contributed by atoms with Crippen LogP contribution in [0.15, 0.2) is 18.2 Å². The highest BCUT2D eigenvalue weighted by molar-refractivity contribution is 5.32. The molecule has 2 rings (SSSR count). The summed E-state index contributed by atoms with van der Waals surface area (Å²) < 4.78 is 25.2. The van der Waals surface area contributed by atoms with Crippen LogP contribution in [-0.4, -0.2) is 11.6 Å². The molecule has 1 aliphatic rings. The summed E-state index contributed by atoms with van der Waals surface area (Å²) in [5.74, 6) is -1.00. The fraction of sp³-hybridized carbons (Fsp3) is 0.364. The van der Waals surface area contributed by atoms with Crippen LogP contribution in [0.4, 0.5) is 8.78 Å². The molecular formula is C11H12F2O2. The van der Waals surface area contributed by atoms with E-state index in [2.05, 4.69) is 0 Å². The molecule has 1 N–H and O–H groups in total. The second kappa shape index (κ2) is 5.44. The van der Waals surface area contributed by atoms with Crippen molar-refractivity contribution < 1.29 is 18.7 Å². The third-order valence-corrected chi connectivity index (χ3v) is 2.52. The van der Waals surface area contributed by atoms with Gasteiger partial charge in [-0.05, 0) is 36.5 Å². The Kier molecular flexibility index (Phi) is 4.21. The van der Waals surface area contributed by atoms with Gasteiger partial charge in [0.25, 0.3) is 6.47 Å². The lowest BCUT2D eigenvalue weighted by molar-refractivity contribution is -0.122. The molecule has 0 aromatic heterocycles. The van der Waals surface area contributed by atoms with Crippen LogP contribution in [0.1, 0.15) is 30.7 Å². The van der Waals surface area contributed by atoms with E-state index in [9.17, 15) is 8.78 Å². The van der Waals surface area contributed by atoms with Gasteiger partial charge in [0.1, 0.15) is 0 Å². The SMILES string of the molecule is Fc1ccc(C2CCC2)cc1F.O=CO. The lowest BCUT2D eigenvalue weighted by atomic mass is 9.80. The average Bonchev–Trinajstić information content (AvgIpc) is 2.10. The third kappa shape index (κ3) is 3.01. The van der Waals surface area contributed by atoms with Gasteiger partial charge in [0.15, 0.2) is 11.6 Å². The van der Waals surface area contributed by atoms with Gasteiger partial charge < -0.3 is 5.11 Å². The van der Waals surface area contributed by atoms with Crippen LogP contribution in [0.2, 0.25) is 0 Å². The molecule has 0 spiro atoms. The second-order valence-electron chi connectivity index (χ2n) is 3.41. The van der Waals surface area contributed by atoms with Gasteiger partial charge in [-0.25, -0.2) is 8.78 Å². The molecule has 4 heteroatoms. The van der Waals surface area contributed by atoms with Gasteiger partial charge in [0.05, 0.1) is 0 Å². The Labute approximate surface area is 86.5 Å². The first kappa shape index (κ1) is 11.6. The topological polar surface area (TPSA) is 37.3 Å². The fourth-order valence-corrected chi connectivity index (χ4v) is 1.51. The normalized spacial score (nSPS) is 14.8. The zero-order valence-corrected chi connectivity index (χ0v) is 8.12. The lowest BCUT2D eigenvalue weighted by Gasteiger charge is -2.25. The maximum Gasteiger partial charge on any atom is 0.290 e. The molecule has 82 valence electrons. The summed E-state index contributed by atoms with van der Waals surface area (Å²) in [6.07, 6.45) is 3.44. The summed E-state index contributed by atoms with van der Waals surface area (Å²) in [5.41, 5.74) is 0.945. The average molecular weight is 214 g/mol. The maximum atomic E-state index is 12.7. The fourth-order valence-electron chi connectivity index (χ4n) is 1.51. The molecule has 1 aromatic rings. The number of halogens is 2. The quantitative estimate of drug-likeness (QED) is 0.730. The van der Waals surface area contributed by atoms with Crippen LogP contribution in [0.5, 0.6) is 0 Å². The van der Waals surface area contributed by atoms with Crippen molar-refractivity contribution in [2.75, 3.05) is 0 Å². The van der Waals surface area contributed by atoms with Gasteiger partial charge in [-0.2, -0.15) is 0 Å². The largest absolute Gasteiger partial charge is 0.483 e. The zero-order valence-electron chi connectivity index (χ0n) is 8.12. The molecule has 1 fully saturated rings. The summed E-state index contributed by atoms with van der Waals surface area (Å²) in [6, 6.07) is 4.21. The number of rotatable bonds is 1. The van der Waals surface area contributed by atoms with Crippen molar-refractivity contribution in [2.24, 2.45) is 0 Å². The van der Waals surface area contributed by atoms with Gasteiger partial charge in [-0.15, -0.1) is 0 Å². The predicted octanol–water partition coefficient (Wildman–Crippen LogP) is 2.93. The van der Waals surface area contributed by atoms with Crippen LogP contribution in [0, 0.1) is 11.6 Å². The summed E-state index contributed by atoms with van der Waals surface area (Å²) >= 11 is 0. The molecule has 1 saturated carbocycles. The summed E-state index contributed by atoms with van der Waals surface area (Å²) in [4.78, 5) is 8.36. The Balaban J connectivity index is 0.000000337.